The molecule has 0 radical (unpaired) electrons. The molecule has 0 saturated heterocycles. The van der Waals surface area contributed by atoms with Crippen LogP contribution in [0.15, 0.2) is 0 Å². The maximum atomic E-state index is 1.62. The van der Waals surface area contributed by atoms with Crippen LogP contribution in [-0.4, -0.2) is 0 Å². The second-order valence-electron chi connectivity index (χ2n) is 3.68. The average Bonchev–Trinajstić information content (AvgIpc) is 2.04. The molecular formula is C7H10. The molecule has 0 heteroatoms. The first-order valence-corrected chi connectivity index (χ1v) is 3.41. The predicted molar refractivity (Wildman–Crippen MR) is 27.9 cm³/mol. The maximum Gasteiger partial charge on any atom is -0.0261 e. The molecule has 0 aromatic rings. The normalized spacial score (nSPS) is 72.0. The van der Waals surface area contributed by atoms with Gasteiger partial charge in [0.15, 0.2) is 0 Å². The highest BCUT2D eigenvalue weighted by Gasteiger charge is 2.70. The van der Waals surface area contributed by atoms with Gasteiger partial charge in [-0.05, 0) is 42.9 Å². The third-order valence-electron chi connectivity index (χ3n) is 3.50. The van der Waals surface area contributed by atoms with Crippen molar-refractivity contribution in [1.29, 1.82) is 0 Å². The lowest BCUT2D eigenvalue weighted by molar-refractivity contribution is 0.288. The first-order valence-electron chi connectivity index (χ1n) is 3.41. The number of fused-ring (bicyclic) bond motifs is 1. The van der Waals surface area contributed by atoms with E-state index in [1.165, 1.54) is 11.8 Å². The summed E-state index contributed by atoms with van der Waals surface area (Å²) < 4.78 is 0. The van der Waals surface area contributed by atoms with Crippen LogP contribution < -0.4 is 0 Å². The Kier molecular flexibility index (Phi) is 0.260. The Morgan fingerprint density at radius 3 is 2.43 bits per heavy atom. The van der Waals surface area contributed by atoms with Gasteiger partial charge < -0.3 is 0 Å². The minimum Gasteiger partial charge on any atom is -0.0496 e. The van der Waals surface area contributed by atoms with Gasteiger partial charge in [-0.2, -0.15) is 0 Å². The summed E-state index contributed by atoms with van der Waals surface area (Å²) in [5, 5.41) is 0. The van der Waals surface area contributed by atoms with Crippen molar-refractivity contribution in [2.75, 3.05) is 0 Å². The summed E-state index contributed by atoms with van der Waals surface area (Å²) in [6.07, 6.45) is 6.43. The fourth-order valence-corrected chi connectivity index (χ4v) is 2.95. The van der Waals surface area contributed by atoms with Crippen LogP contribution in [0.25, 0.3) is 0 Å². The highest BCUT2D eigenvalue weighted by atomic mass is 14.7. The summed E-state index contributed by atoms with van der Waals surface area (Å²) in [7, 11) is 0. The molecule has 0 heterocycles. The molecule has 2 bridgehead atoms. The second-order valence-corrected chi connectivity index (χ2v) is 3.68. The Balaban J connectivity index is 2.16. The minimum atomic E-state index is 1.00. The summed E-state index contributed by atoms with van der Waals surface area (Å²) >= 11 is 0. The van der Waals surface area contributed by atoms with Gasteiger partial charge in [-0.15, -0.1) is 0 Å². The summed E-state index contributed by atoms with van der Waals surface area (Å²) in [6.45, 7) is 0. The zero-order chi connectivity index (χ0) is 4.48. The lowest BCUT2D eigenvalue weighted by Crippen LogP contribution is -2.13. The molecule has 0 aromatic heterocycles. The zero-order valence-electron chi connectivity index (χ0n) is 4.48. The molecule has 2 unspecified atom stereocenters. The fraction of sp³-hybridized carbons (Fsp3) is 1.00. The van der Waals surface area contributed by atoms with Crippen LogP contribution in [0.4, 0.5) is 0 Å². The molecule has 0 aliphatic heterocycles. The van der Waals surface area contributed by atoms with Gasteiger partial charge in [-0.3, -0.25) is 0 Å². The van der Waals surface area contributed by atoms with Gasteiger partial charge in [0, 0.05) is 0 Å². The Hall–Kier alpha value is 0. The molecule has 4 fully saturated rings. The molecule has 3 atom stereocenters. The summed E-state index contributed by atoms with van der Waals surface area (Å²) in [6, 6.07) is 0. The van der Waals surface area contributed by atoms with Crippen LogP contribution >= 0.6 is 0 Å². The van der Waals surface area contributed by atoms with E-state index in [-0.39, 0.29) is 0 Å². The molecule has 4 aliphatic carbocycles. The molecule has 1 spiro atoms. The third kappa shape index (κ3) is 0.167. The lowest BCUT2D eigenvalue weighted by Gasteiger charge is -2.20. The van der Waals surface area contributed by atoms with E-state index in [4.69, 9.17) is 0 Å². The standard InChI is InChI=1S/C7H10/c1-2-7-3-5(1)6(7)4-7/h5-6H,1-4H2/t5?,6?,7-/m0/s1. The molecule has 4 saturated carbocycles. The van der Waals surface area contributed by atoms with E-state index in [2.05, 4.69) is 0 Å². The van der Waals surface area contributed by atoms with Gasteiger partial charge in [0.2, 0.25) is 0 Å². The smallest absolute Gasteiger partial charge is 0.0261 e. The van der Waals surface area contributed by atoms with Crippen LogP contribution in [0.3, 0.4) is 0 Å². The average molecular weight is 94.2 g/mol. The topological polar surface area (TPSA) is 0 Å². The monoisotopic (exact) mass is 94.1 g/mol. The first kappa shape index (κ1) is 3.11. The van der Waals surface area contributed by atoms with Crippen molar-refractivity contribution in [3.8, 4) is 0 Å². The molecule has 0 aromatic carbocycles. The van der Waals surface area contributed by atoms with Crippen LogP contribution in [0, 0.1) is 17.3 Å². The Bertz CT molecular complexity index is 122. The fourth-order valence-electron chi connectivity index (χ4n) is 2.95. The highest BCUT2D eigenvalue weighted by molar-refractivity contribution is 5.20. The Labute approximate surface area is 43.9 Å². The minimum absolute atomic E-state index is 1.00. The van der Waals surface area contributed by atoms with Crippen LogP contribution in [0.1, 0.15) is 25.7 Å². The van der Waals surface area contributed by atoms with Gasteiger partial charge in [-0.25, -0.2) is 0 Å². The second kappa shape index (κ2) is 0.586. The molecule has 0 N–H and O–H groups in total. The maximum absolute atomic E-state index is 1.62. The van der Waals surface area contributed by atoms with Crippen LogP contribution in [0.5, 0.6) is 0 Å². The van der Waals surface area contributed by atoms with Gasteiger partial charge >= 0.3 is 0 Å². The first-order chi connectivity index (χ1) is 3.41. The summed E-state index contributed by atoms with van der Waals surface area (Å²) in [5.41, 5.74) is 1.00. The van der Waals surface area contributed by atoms with Crippen molar-refractivity contribution in [2.45, 2.75) is 25.7 Å². The molecule has 38 valence electrons. The molecule has 0 amide bonds. The van der Waals surface area contributed by atoms with E-state index in [0.29, 0.717) is 0 Å². The molecule has 7 heavy (non-hydrogen) atoms. The van der Waals surface area contributed by atoms with Crippen molar-refractivity contribution in [1.82, 2.24) is 0 Å². The lowest BCUT2D eigenvalue weighted by atomic mass is 9.85. The van der Waals surface area contributed by atoms with Gasteiger partial charge in [0.25, 0.3) is 0 Å². The van der Waals surface area contributed by atoms with Crippen molar-refractivity contribution in [2.24, 2.45) is 17.3 Å². The van der Waals surface area contributed by atoms with E-state index in [0.717, 1.165) is 5.41 Å². The molecule has 4 rings (SSSR count). The van der Waals surface area contributed by atoms with Gasteiger partial charge in [0.1, 0.15) is 0 Å². The Morgan fingerprint density at radius 2 is 2.29 bits per heavy atom. The predicted octanol–water partition coefficient (Wildman–Crippen LogP) is 1.81. The van der Waals surface area contributed by atoms with E-state index in [9.17, 15) is 0 Å². The molecular weight excluding hydrogens is 84.1 g/mol. The number of hydrogen-bond donors (Lipinski definition) is 0. The van der Waals surface area contributed by atoms with Crippen molar-refractivity contribution >= 4 is 0 Å². The largest absolute Gasteiger partial charge is 0.0496 e. The van der Waals surface area contributed by atoms with Gasteiger partial charge in [0.05, 0.1) is 0 Å². The van der Waals surface area contributed by atoms with E-state index in [1.807, 2.05) is 0 Å². The van der Waals surface area contributed by atoms with Crippen molar-refractivity contribution in [3.63, 3.8) is 0 Å². The number of rotatable bonds is 0. The van der Waals surface area contributed by atoms with Gasteiger partial charge in [-0.1, -0.05) is 0 Å². The summed E-state index contributed by atoms with van der Waals surface area (Å²) in [4.78, 5) is 0. The zero-order valence-corrected chi connectivity index (χ0v) is 4.48. The quantitative estimate of drug-likeness (QED) is 0.429. The Morgan fingerprint density at radius 1 is 1.29 bits per heavy atom. The highest BCUT2D eigenvalue weighted by Crippen LogP contribution is 2.79. The van der Waals surface area contributed by atoms with Crippen molar-refractivity contribution in [3.05, 3.63) is 0 Å². The van der Waals surface area contributed by atoms with Crippen LogP contribution in [-0.2, 0) is 0 Å². The van der Waals surface area contributed by atoms with E-state index in [1.54, 1.807) is 25.7 Å². The number of hydrogen-bond acceptors (Lipinski definition) is 0. The van der Waals surface area contributed by atoms with Crippen LogP contribution in [0.2, 0.25) is 0 Å². The van der Waals surface area contributed by atoms with E-state index < -0.39 is 0 Å². The van der Waals surface area contributed by atoms with Crippen molar-refractivity contribution < 1.29 is 0 Å². The third-order valence-corrected chi connectivity index (χ3v) is 3.50. The SMILES string of the molecule is C1C[C@@]23CC1C2C3. The summed E-state index contributed by atoms with van der Waals surface area (Å²) in [5.74, 6) is 2.48. The van der Waals surface area contributed by atoms with E-state index >= 15 is 0 Å². The molecule has 0 nitrogen and oxygen atoms in total. The molecule has 4 aliphatic rings.